The van der Waals surface area contributed by atoms with Crippen molar-refractivity contribution < 1.29 is 28.7 Å². The molecule has 4 rings (SSSR count). The fraction of sp³-hybridized carbons (Fsp3) is 0.531. The first-order chi connectivity index (χ1) is 21.6. The van der Waals surface area contributed by atoms with Gasteiger partial charge in [0.1, 0.15) is 24.4 Å². The molecule has 1 saturated heterocycles. The van der Waals surface area contributed by atoms with Gasteiger partial charge in [-0.25, -0.2) is 0 Å². The Morgan fingerprint density at radius 3 is 2.67 bits per heavy atom. The first-order valence-corrected chi connectivity index (χ1v) is 15.5. The number of hydrogen-bond acceptors (Lipinski definition) is 8. The van der Waals surface area contributed by atoms with E-state index in [4.69, 9.17) is 4.74 Å². The van der Waals surface area contributed by atoms with Crippen molar-refractivity contribution in [3.8, 4) is 5.75 Å². The maximum atomic E-state index is 13.6. The number of hydrogen-bond donors (Lipinski definition) is 3. The van der Waals surface area contributed by atoms with E-state index in [9.17, 15) is 24.0 Å². The summed E-state index contributed by atoms with van der Waals surface area (Å²) in [5.41, 5.74) is 0.927. The lowest BCUT2D eigenvalue weighted by Crippen LogP contribution is -2.51. The second-order valence-electron chi connectivity index (χ2n) is 11.9. The fourth-order valence-electron chi connectivity index (χ4n) is 5.66. The molecule has 0 spiro atoms. The average Bonchev–Trinajstić information content (AvgIpc) is 3.51. The van der Waals surface area contributed by atoms with Crippen LogP contribution in [0.15, 0.2) is 42.9 Å². The Labute approximate surface area is 263 Å². The molecule has 0 saturated carbocycles. The van der Waals surface area contributed by atoms with Gasteiger partial charge < -0.3 is 30.5 Å². The molecule has 2 aliphatic rings. The molecular weight excluding hydrogens is 578 g/mol. The molecule has 3 atom stereocenters. The van der Waals surface area contributed by atoms with Crippen LogP contribution in [0.5, 0.6) is 5.75 Å². The van der Waals surface area contributed by atoms with Crippen molar-refractivity contribution in [3.63, 3.8) is 0 Å². The molecule has 1 aromatic carbocycles. The minimum atomic E-state index is -1.03. The molecule has 2 aromatic rings. The highest BCUT2D eigenvalue weighted by Gasteiger charge is 2.36. The molecule has 0 aliphatic carbocycles. The van der Waals surface area contributed by atoms with Crippen molar-refractivity contribution in [2.24, 2.45) is 5.92 Å². The van der Waals surface area contributed by atoms with Gasteiger partial charge in [0.15, 0.2) is 0 Å². The Balaban J connectivity index is 1.58. The quantitative estimate of drug-likeness (QED) is 0.432. The summed E-state index contributed by atoms with van der Waals surface area (Å²) in [6.45, 7) is 4.65. The Morgan fingerprint density at radius 1 is 1.11 bits per heavy atom. The van der Waals surface area contributed by atoms with E-state index in [-0.39, 0.29) is 67.8 Å². The van der Waals surface area contributed by atoms with Gasteiger partial charge in [0, 0.05) is 51.6 Å². The zero-order valence-corrected chi connectivity index (χ0v) is 26.2. The number of nitrogens with zero attached hydrogens (tertiary/aromatic N) is 4. The SMILES string of the molecule is CC(C)C[C@H]1COc2ccccc2C(=O)N[C@H](C(=O)NCCc2cnccn2)CCC(=O)N2CCC[C@@H]2C(=O)N(C)CC(=O)N1. The number of ether oxygens (including phenoxy) is 1. The monoisotopic (exact) mass is 621 g/mol. The van der Waals surface area contributed by atoms with Gasteiger partial charge in [0.05, 0.1) is 23.8 Å². The number of carbonyl (C=O) groups is 5. The first-order valence-electron chi connectivity index (χ1n) is 15.5. The summed E-state index contributed by atoms with van der Waals surface area (Å²) < 4.78 is 6.07. The standard InChI is InChI=1S/C32H43N7O6/c1-21(2)17-23-20-45-27-9-5-4-7-24(27)30(42)37-25(31(43)35-13-12-22-18-33-14-15-34-22)10-11-29(41)39-16-6-8-26(39)32(44)38(3)19-28(40)36-23/h4-5,7,9,14-15,18,21,23,25-26H,6,8,10-13,16-17,19-20H2,1-3H3,(H,35,43)(H,36,40)(H,37,42)/t23-,25-,26+/m0/s1. The first kappa shape index (κ1) is 33.3. The Hall–Kier alpha value is -4.55. The largest absolute Gasteiger partial charge is 0.491 e. The number of aromatic nitrogens is 2. The zero-order valence-electron chi connectivity index (χ0n) is 26.2. The predicted octanol–water partition coefficient (Wildman–Crippen LogP) is 1.09. The maximum absolute atomic E-state index is 13.6. The third kappa shape index (κ3) is 9.47. The summed E-state index contributed by atoms with van der Waals surface area (Å²) in [6.07, 6.45) is 6.89. The normalized spacial score (nSPS) is 22.0. The van der Waals surface area contributed by atoms with Crippen LogP contribution in [0.4, 0.5) is 0 Å². The molecule has 5 amide bonds. The molecule has 1 aromatic heterocycles. The van der Waals surface area contributed by atoms with E-state index in [1.165, 1.54) is 9.80 Å². The number of para-hydroxylation sites is 1. The van der Waals surface area contributed by atoms with E-state index in [0.29, 0.717) is 43.7 Å². The summed E-state index contributed by atoms with van der Waals surface area (Å²) >= 11 is 0. The van der Waals surface area contributed by atoms with Crippen LogP contribution in [-0.4, -0.2) is 101 Å². The topological polar surface area (TPSA) is 163 Å². The van der Waals surface area contributed by atoms with Gasteiger partial charge in [0.25, 0.3) is 5.91 Å². The Morgan fingerprint density at radius 2 is 1.91 bits per heavy atom. The van der Waals surface area contributed by atoms with E-state index < -0.39 is 23.9 Å². The van der Waals surface area contributed by atoms with Gasteiger partial charge in [0.2, 0.25) is 23.6 Å². The van der Waals surface area contributed by atoms with Crippen molar-refractivity contribution in [2.75, 3.05) is 33.3 Å². The summed E-state index contributed by atoms with van der Waals surface area (Å²) in [5.74, 6) is -1.39. The number of amides is 5. The fourth-order valence-corrected chi connectivity index (χ4v) is 5.66. The summed E-state index contributed by atoms with van der Waals surface area (Å²) in [4.78, 5) is 77.8. The Kier molecular flexibility index (Phi) is 11.8. The minimum Gasteiger partial charge on any atom is -0.491 e. The highest BCUT2D eigenvalue weighted by molar-refractivity contribution is 6.00. The van der Waals surface area contributed by atoms with Crippen LogP contribution in [0.1, 0.15) is 62.0 Å². The van der Waals surface area contributed by atoms with E-state index in [1.807, 2.05) is 13.8 Å². The van der Waals surface area contributed by atoms with Crippen LogP contribution in [0, 0.1) is 5.92 Å². The van der Waals surface area contributed by atoms with E-state index >= 15 is 0 Å². The zero-order chi connectivity index (χ0) is 32.3. The van der Waals surface area contributed by atoms with Crippen molar-refractivity contribution in [1.29, 1.82) is 0 Å². The molecule has 13 heteroatoms. The molecule has 0 unspecified atom stereocenters. The molecule has 0 bridgehead atoms. The minimum absolute atomic E-state index is 0.0245. The van der Waals surface area contributed by atoms with Gasteiger partial charge in [-0.3, -0.25) is 33.9 Å². The van der Waals surface area contributed by atoms with Crippen LogP contribution >= 0.6 is 0 Å². The van der Waals surface area contributed by atoms with E-state index in [0.717, 1.165) is 0 Å². The number of benzene rings is 1. The molecule has 13 nitrogen and oxygen atoms in total. The molecule has 45 heavy (non-hydrogen) atoms. The van der Waals surface area contributed by atoms with E-state index in [1.54, 1.807) is 49.9 Å². The number of carbonyl (C=O) groups excluding carboxylic acids is 5. The number of fused-ring (bicyclic) bond motifs is 2. The third-order valence-electron chi connectivity index (χ3n) is 7.87. The second kappa shape index (κ2) is 16.0. The molecule has 0 radical (unpaired) electrons. The van der Waals surface area contributed by atoms with E-state index in [2.05, 4.69) is 25.9 Å². The molecule has 3 N–H and O–H groups in total. The summed E-state index contributed by atoms with van der Waals surface area (Å²) in [7, 11) is 1.56. The summed E-state index contributed by atoms with van der Waals surface area (Å²) in [5, 5.41) is 8.60. The van der Waals surface area contributed by atoms with Crippen LogP contribution in [0.3, 0.4) is 0 Å². The number of likely N-dealkylation sites (N-methyl/N-ethyl adjacent to an activating group) is 1. The molecule has 242 valence electrons. The average molecular weight is 622 g/mol. The van der Waals surface area contributed by atoms with Gasteiger partial charge >= 0.3 is 0 Å². The highest BCUT2D eigenvalue weighted by Crippen LogP contribution is 2.22. The maximum Gasteiger partial charge on any atom is 0.255 e. The van der Waals surface area contributed by atoms with Crippen LogP contribution in [-0.2, 0) is 25.6 Å². The smallest absolute Gasteiger partial charge is 0.255 e. The third-order valence-corrected chi connectivity index (χ3v) is 7.87. The van der Waals surface area contributed by atoms with Crippen molar-refractivity contribution in [2.45, 2.75) is 70.5 Å². The molecule has 2 aliphatic heterocycles. The number of rotatable bonds is 6. The van der Waals surface area contributed by atoms with Gasteiger partial charge in [-0.2, -0.15) is 0 Å². The van der Waals surface area contributed by atoms with Crippen LogP contribution in [0.25, 0.3) is 0 Å². The van der Waals surface area contributed by atoms with Crippen molar-refractivity contribution in [3.05, 3.63) is 54.1 Å². The molecule has 3 heterocycles. The summed E-state index contributed by atoms with van der Waals surface area (Å²) in [6, 6.07) is 4.59. The van der Waals surface area contributed by atoms with Crippen LogP contribution in [0.2, 0.25) is 0 Å². The van der Waals surface area contributed by atoms with Gasteiger partial charge in [-0.05, 0) is 43.7 Å². The molecule has 1 fully saturated rings. The number of nitrogens with one attached hydrogen (secondary N) is 3. The predicted molar refractivity (Wildman–Crippen MR) is 165 cm³/mol. The van der Waals surface area contributed by atoms with Gasteiger partial charge in [-0.15, -0.1) is 0 Å². The lowest BCUT2D eigenvalue weighted by atomic mass is 10.0. The lowest BCUT2D eigenvalue weighted by Gasteiger charge is -2.29. The van der Waals surface area contributed by atoms with Crippen molar-refractivity contribution >= 4 is 29.5 Å². The van der Waals surface area contributed by atoms with Crippen LogP contribution < -0.4 is 20.7 Å². The lowest BCUT2D eigenvalue weighted by molar-refractivity contribution is -0.144. The van der Waals surface area contributed by atoms with Gasteiger partial charge in [-0.1, -0.05) is 26.0 Å². The molecular formula is C32H43N7O6. The Bertz CT molecular complexity index is 1350. The second-order valence-corrected chi connectivity index (χ2v) is 11.9. The highest BCUT2D eigenvalue weighted by atomic mass is 16.5. The van der Waals surface area contributed by atoms with Crippen molar-refractivity contribution in [1.82, 2.24) is 35.7 Å².